The molecule has 0 bridgehead atoms. The van der Waals surface area contributed by atoms with Crippen LogP contribution in [0.5, 0.6) is 0 Å². The molecule has 1 saturated heterocycles. The number of H-pyrrole nitrogens is 1. The topological polar surface area (TPSA) is 44.0 Å². The number of nitrogens with one attached hydrogen (secondary N) is 2. The first-order chi connectivity index (χ1) is 8.77. The Bertz CT molecular complexity index is 404. The van der Waals surface area contributed by atoms with Gasteiger partial charge in [0.25, 0.3) is 0 Å². The fourth-order valence-electron chi connectivity index (χ4n) is 3.22. The first kappa shape index (κ1) is 12.0. The van der Waals surface area contributed by atoms with Crippen LogP contribution < -0.4 is 10.2 Å². The van der Waals surface area contributed by atoms with Gasteiger partial charge in [0.2, 0.25) is 0 Å². The minimum absolute atomic E-state index is 0.625. The van der Waals surface area contributed by atoms with Crippen molar-refractivity contribution in [1.82, 2.24) is 15.5 Å². The maximum Gasteiger partial charge on any atom is 0.153 e. The zero-order chi connectivity index (χ0) is 12.5. The van der Waals surface area contributed by atoms with Crippen LogP contribution >= 0.6 is 0 Å². The van der Waals surface area contributed by atoms with Crippen LogP contribution in [0.3, 0.4) is 0 Å². The lowest BCUT2D eigenvalue weighted by Gasteiger charge is -2.27. The Morgan fingerprint density at radius 3 is 3.00 bits per heavy atom. The number of rotatable bonds is 1. The van der Waals surface area contributed by atoms with Gasteiger partial charge in [-0.05, 0) is 31.7 Å². The second-order valence-electron chi connectivity index (χ2n) is 5.83. The van der Waals surface area contributed by atoms with Crippen LogP contribution in [0, 0.1) is 5.92 Å². The fraction of sp³-hybridized carbons (Fsp3) is 0.786. The van der Waals surface area contributed by atoms with E-state index in [-0.39, 0.29) is 0 Å². The van der Waals surface area contributed by atoms with Gasteiger partial charge in [-0.1, -0.05) is 13.8 Å². The van der Waals surface area contributed by atoms with Gasteiger partial charge in [-0.25, -0.2) is 0 Å². The number of fused-ring (bicyclic) bond motifs is 1. The van der Waals surface area contributed by atoms with E-state index in [0.717, 1.165) is 32.1 Å². The van der Waals surface area contributed by atoms with Gasteiger partial charge in [0.05, 0.1) is 0 Å². The first-order valence-corrected chi connectivity index (χ1v) is 7.30. The van der Waals surface area contributed by atoms with E-state index in [9.17, 15) is 0 Å². The number of nitrogens with zero attached hydrogens (tertiary/aromatic N) is 2. The van der Waals surface area contributed by atoms with Gasteiger partial charge < -0.3 is 10.2 Å². The van der Waals surface area contributed by atoms with Crippen molar-refractivity contribution in [3.63, 3.8) is 0 Å². The molecule has 0 amide bonds. The van der Waals surface area contributed by atoms with Gasteiger partial charge >= 0.3 is 0 Å². The summed E-state index contributed by atoms with van der Waals surface area (Å²) in [6.07, 6.45) is 3.71. The summed E-state index contributed by atoms with van der Waals surface area (Å²) in [6, 6.07) is 0. The zero-order valence-electron chi connectivity index (χ0n) is 11.5. The number of hydrogen-bond donors (Lipinski definition) is 2. The highest BCUT2D eigenvalue weighted by Gasteiger charge is 2.29. The number of aromatic amines is 1. The Labute approximate surface area is 109 Å². The quantitative estimate of drug-likeness (QED) is 0.798. The second-order valence-corrected chi connectivity index (χ2v) is 5.83. The Hall–Kier alpha value is -1.03. The molecule has 2 aliphatic rings. The Morgan fingerprint density at radius 1 is 1.22 bits per heavy atom. The lowest BCUT2D eigenvalue weighted by atomic mass is 9.80. The molecule has 100 valence electrons. The molecule has 1 fully saturated rings. The molecular formula is C14H24N4. The van der Waals surface area contributed by atoms with E-state index in [1.54, 1.807) is 0 Å². The predicted molar refractivity (Wildman–Crippen MR) is 74.2 cm³/mol. The molecule has 1 aromatic heterocycles. The van der Waals surface area contributed by atoms with Crippen LogP contribution in [0.25, 0.3) is 0 Å². The van der Waals surface area contributed by atoms with E-state index in [0.29, 0.717) is 5.92 Å². The Kier molecular flexibility index (Phi) is 3.29. The lowest BCUT2D eigenvalue weighted by molar-refractivity contribution is 0.419. The lowest BCUT2D eigenvalue weighted by Crippen LogP contribution is -2.29. The molecule has 1 aliphatic heterocycles. The Balaban J connectivity index is 1.87. The van der Waals surface area contributed by atoms with Gasteiger partial charge in [-0.15, -0.1) is 0 Å². The minimum Gasteiger partial charge on any atom is -0.354 e. The van der Waals surface area contributed by atoms with Crippen molar-refractivity contribution in [3.05, 3.63) is 11.3 Å². The molecule has 2 heterocycles. The summed E-state index contributed by atoms with van der Waals surface area (Å²) in [4.78, 5) is 2.46. The second kappa shape index (κ2) is 4.92. The highest BCUT2D eigenvalue weighted by molar-refractivity contribution is 5.51. The highest BCUT2D eigenvalue weighted by atomic mass is 15.3. The van der Waals surface area contributed by atoms with Crippen molar-refractivity contribution >= 4 is 5.82 Å². The average molecular weight is 248 g/mol. The van der Waals surface area contributed by atoms with Gasteiger partial charge in [-0.2, -0.15) is 5.10 Å². The fourth-order valence-corrected chi connectivity index (χ4v) is 3.22. The maximum atomic E-state index is 4.62. The molecule has 0 spiro atoms. The standard InChI is InChI=1S/C14H24N4/c1-10-4-5-12-13(11(10)2)16-17-14(12)18-8-3-6-15-7-9-18/h10-11,15H,3-9H2,1-2H3,(H,16,17). The van der Waals surface area contributed by atoms with Crippen molar-refractivity contribution in [2.24, 2.45) is 5.92 Å². The molecule has 3 rings (SSSR count). The van der Waals surface area contributed by atoms with Crippen LogP contribution in [-0.2, 0) is 6.42 Å². The molecule has 1 aromatic rings. The highest BCUT2D eigenvalue weighted by Crippen LogP contribution is 2.38. The third kappa shape index (κ3) is 2.03. The monoisotopic (exact) mass is 248 g/mol. The molecule has 4 heteroatoms. The largest absolute Gasteiger partial charge is 0.354 e. The van der Waals surface area contributed by atoms with Crippen molar-refractivity contribution < 1.29 is 0 Å². The van der Waals surface area contributed by atoms with Crippen molar-refractivity contribution in [2.45, 2.75) is 39.0 Å². The Morgan fingerprint density at radius 2 is 2.11 bits per heavy atom. The van der Waals surface area contributed by atoms with Gasteiger partial charge in [-0.3, -0.25) is 5.10 Å². The summed E-state index contributed by atoms with van der Waals surface area (Å²) in [7, 11) is 0. The molecule has 4 nitrogen and oxygen atoms in total. The van der Waals surface area contributed by atoms with E-state index >= 15 is 0 Å². The van der Waals surface area contributed by atoms with Crippen LogP contribution in [0.1, 0.15) is 43.9 Å². The molecule has 2 N–H and O–H groups in total. The third-order valence-corrected chi connectivity index (χ3v) is 4.68. The van der Waals surface area contributed by atoms with Crippen LogP contribution in [-0.4, -0.2) is 36.4 Å². The number of anilines is 1. The van der Waals surface area contributed by atoms with E-state index in [1.165, 1.54) is 36.3 Å². The number of aromatic nitrogens is 2. The molecule has 2 unspecified atom stereocenters. The minimum atomic E-state index is 0.625. The normalized spacial score (nSPS) is 28.9. The van der Waals surface area contributed by atoms with Crippen LogP contribution in [0.4, 0.5) is 5.82 Å². The van der Waals surface area contributed by atoms with Gasteiger partial charge in [0.1, 0.15) is 0 Å². The number of hydrogen-bond acceptors (Lipinski definition) is 3. The molecule has 0 saturated carbocycles. The average Bonchev–Trinajstić information content (AvgIpc) is 2.62. The van der Waals surface area contributed by atoms with E-state index in [4.69, 9.17) is 0 Å². The van der Waals surface area contributed by atoms with Gasteiger partial charge in [0, 0.05) is 36.8 Å². The first-order valence-electron chi connectivity index (χ1n) is 7.30. The van der Waals surface area contributed by atoms with E-state index < -0.39 is 0 Å². The van der Waals surface area contributed by atoms with Gasteiger partial charge in [0.15, 0.2) is 5.82 Å². The molecular weight excluding hydrogens is 224 g/mol. The summed E-state index contributed by atoms with van der Waals surface area (Å²) in [5, 5.41) is 11.4. The summed E-state index contributed by atoms with van der Waals surface area (Å²) in [5.74, 6) is 2.63. The summed E-state index contributed by atoms with van der Waals surface area (Å²) >= 11 is 0. The molecule has 0 aromatic carbocycles. The SMILES string of the molecule is CC1CCc2c(N3CCCNCC3)n[nH]c2C1C. The molecule has 2 atom stereocenters. The maximum absolute atomic E-state index is 4.62. The summed E-state index contributed by atoms with van der Waals surface area (Å²) < 4.78 is 0. The summed E-state index contributed by atoms with van der Waals surface area (Å²) in [6.45, 7) is 9.11. The van der Waals surface area contributed by atoms with Crippen molar-refractivity contribution in [1.29, 1.82) is 0 Å². The van der Waals surface area contributed by atoms with Crippen molar-refractivity contribution in [3.8, 4) is 0 Å². The smallest absolute Gasteiger partial charge is 0.153 e. The van der Waals surface area contributed by atoms with E-state index in [1.807, 2.05) is 0 Å². The molecule has 18 heavy (non-hydrogen) atoms. The third-order valence-electron chi connectivity index (χ3n) is 4.68. The van der Waals surface area contributed by atoms with Crippen LogP contribution in [0.15, 0.2) is 0 Å². The molecule has 1 aliphatic carbocycles. The predicted octanol–water partition coefficient (Wildman–Crippen LogP) is 1.90. The molecule has 0 radical (unpaired) electrons. The van der Waals surface area contributed by atoms with E-state index in [2.05, 4.69) is 34.3 Å². The van der Waals surface area contributed by atoms with Crippen LogP contribution in [0.2, 0.25) is 0 Å². The van der Waals surface area contributed by atoms with Crippen molar-refractivity contribution in [2.75, 3.05) is 31.1 Å². The summed E-state index contributed by atoms with van der Waals surface area (Å²) in [5.41, 5.74) is 2.88. The zero-order valence-corrected chi connectivity index (χ0v) is 11.5.